The van der Waals surface area contributed by atoms with Gasteiger partial charge in [0, 0.05) is 16.5 Å². The Bertz CT molecular complexity index is 1430. The number of aromatic hydroxyl groups is 1. The van der Waals surface area contributed by atoms with E-state index in [2.05, 4.69) is 54.5 Å². The van der Waals surface area contributed by atoms with Gasteiger partial charge < -0.3 is 14.4 Å². The normalized spacial score (nSPS) is 43.6. The van der Waals surface area contributed by atoms with Crippen LogP contribution in [-0.2, 0) is 22.2 Å². The number of benzene rings is 1. The van der Waals surface area contributed by atoms with E-state index < -0.39 is 10.4 Å². The number of hydrogen-bond acceptors (Lipinski definition) is 5. The van der Waals surface area contributed by atoms with E-state index in [1.54, 1.807) is 0 Å². The molecule has 0 saturated heterocycles. The minimum atomic E-state index is -4.69. The summed E-state index contributed by atoms with van der Waals surface area (Å²) in [7, 11) is -4.69. The number of rotatable bonds is 5. The van der Waals surface area contributed by atoms with E-state index in [0.29, 0.717) is 24.2 Å². The van der Waals surface area contributed by atoms with Crippen LogP contribution < -0.4 is 4.18 Å². The summed E-state index contributed by atoms with van der Waals surface area (Å²) in [4.78, 5) is 0. The van der Waals surface area contributed by atoms with Gasteiger partial charge in [0.1, 0.15) is 11.5 Å². The van der Waals surface area contributed by atoms with Gasteiger partial charge in [-0.15, -0.1) is 0 Å². The van der Waals surface area contributed by atoms with Crippen LogP contribution in [-0.4, -0.2) is 29.3 Å². The Morgan fingerprint density at radius 2 is 1.56 bits per heavy atom. The third-order valence-corrected chi connectivity index (χ3v) is 14.9. The smallest absolute Gasteiger partial charge is 0.446 e. The molecule has 0 bridgehead atoms. The van der Waals surface area contributed by atoms with Crippen LogP contribution in [0.4, 0.5) is 0 Å². The van der Waals surface area contributed by atoms with Crippen molar-refractivity contribution in [2.45, 2.75) is 131 Å². The molecule has 9 atom stereocenters. The van der Waals surface area contributed by atoms with E-state index in [4.69, 9.17) is 4.18 Å². The molecule has 6 rings (SSSR count). The molecule has 0 aliphatic heterocycles. The molecule has 240 valence electrons. The molecule has 0 radical (unpaired) electrons. The van der Waals surface area contributed by atoms with Crippen molar-refractivity contribution < 1.29 is 27.4 Å². The van der Waals surface area contributed by atoms with Gasteiger partial charge in [0.25, 0.3) is 0 Å². The highest BCUT2D eigenvalue weighted by Crippen LogP contribution is 2.74. The lowest BCUT2D eigenvalue weighted by Gasteiger charge is -2.68. The van der Waals surface area contributed by atoms with Crippen molar-refractivity contribution in [3.8, 4) is 11.5 Å². The van der Waals surface area contributed by atoms with Gasteiger partial charge in [-0.25, -0.2) is 0 Å². The summed E-state index contributed by atoms with van der Waals surface area (Å²) in [6, 6.07) is 2.98. The number of fused-ring (bicyclic) bond motifs is 7. The monoisotopic (exact) mass is 614 g/mol. The third-order valence-electron chi connectivity index (χ3n) is 14.5. The molecule has 1 aromatic carbocycles. The SMILES string of the molecule is CC1=CCCC(C)(C)[C@@H]1CC[C@@]1(C)[C@@H]2CC[C@]3(C)[C@H](CC[C@]4(C)c5c(OS(=O)(=O)O)ccc(O)c5C[C@@H]34)[C@@]2(C)CC[C@@H]1O. The van der Waals surface area contributed by atoms with Gasteiger partial charge in [0.15, 0.2) is 0 Å². The number of allylic oxidation sites excluding steroid dienone is 2. The molecule has 1 aromatic rings. The lowest BCUT2D eigenvalue weighted by Crippen LogP contribution is -2.63. The highest BCUT2D eigenvalue weighted by molar-refractivity contribution is 7.81. The zero-order valence-electron chi connectivity index (χ0n) is 27.4. The zero-order valence-corrected chi connectivity index (χ0v) is 28.2. The molecule has 7 heteroatoms. The van der Waals surface area contributed by atoms with Crippen molar-refractivity contribution >= 4 is 10.4 Å². The third kappa shape index (κ3) is 4.64. The first-order chi connectivity index (χ1) is 19.9. The van der Waals surface area contributed by atoms with E-state index in [0.717, 1.165) is 62.5 Å². The summed E-state index contributed by atoms with van der Waals surface area (Å²) < 4.78 is 38.2. The second kappa shape index (κ2) is 9.96. The average molecular weight is 615 g/mol. The molecule has 0 aromatic heterocycles. The fourth-order valence-corrected chi connectivity index (χ4v) is 12.8. The molecule has 5 aliphatic rings. The Balaban J connectivity index is 1.32. The number of phenolic OH excluding ortho intramolecular Hbond substituents is 1. The summed E-state index contributed by atoms with van der Waals surface area (Å²) in [6.45, 7) is 16.7. The summed E-state index contributed by atoms with van der Waals surface area (Å²) in [6.07, 6.45) is 13.3. The first-order valence-electron chi connectivity index (χ1n) is 16.7. The Labute approximate surface area is 259 Å². The molecule has 0 spiro atoms. The molecule has 3 fully saturated rings. The van der Waals surface area contributed by atoms with Crippen LogP contribution in [0.25, 0.3) is 0 Å². The van der Waals surface area contributed by atoms with Crippen LogP contribution in [0.5, 0.6) is 11.5 Å². The predicted octanol–water partition coefficient (Wildman–Crippen LogP) is 8.16. The van der Waals surface area contributed by atoms with Crippen LogP contribution in [0.3, 0.4) is 0 Å². The van der Waals surface area contributed by atoms with Crippen molar-refractivity contribution in [1.29, 1.82) is 0 Å². The minimum Gasteiger partial charge on any atom is -0.508 e. The average Bonchev–Trinajstić information content (AvgIpc) is 3.22. The predicted molar refractivity (Wildman–Crippen MR) is 169 cm³/mol. The van der Waals surface area contributed by atoms with Crippen molar-refractivity contribution in [1.82, 2.24) is 0 Å². The molecular weight excluding hydrogens is 560 g/mol. The highest BCUT2D eigenvalue weighted by Gasteiger charge is 2.67. The summed E-state index contributed by atoms with van der Waals surface area (Å²) in [5.74, 6) is 2.02. The van der Waals surface area contributed by atoms with E-state index in [1.165, 1.54) is 30.5 Å². The van der Waals surface area contributed by atoms with Crippen LogP contribution in [0.2, 0.25) is 0 Å². The second-order valence-corrected chi connectivity index (χ2v) is 18.0. The second-order valence-electron chi connectivity index (χ2n) is 16.9. The van der Waals surface area contributed by atoms with Crippen molar-refractivity contribution in [3.05, 3.63) is 34.9 Å². The topological polar surface area (TPSA) is 104 Å². The first-order valence-corrected chi connectivity index (χ1v) is 18.1. The maximum Gasteiger partial charge on any atom is 0.446 e. The number of hydrogen-bond donors (Lipinski definition) is 3. The molecular formula is C36H54O6S. The van der Waals surface area contributed by atoms with Crippen molar-refractivity contribution in [2.75, 3.05) is 0 Å². The van der Waals surface area contributed by atoms with Gasteiger partial charge in [-0.3, -0.25) is 4.55 Å². The fourth-order valence-electron chi connectivity index (χ4n) is 12.4. The quantitative estimate of drug-likeness (QED) is 0.228. The van der Waals surface area contributed by atoms with Gasteiger partial charge in [-0.1, -0.05) is 53.2 Å². The standard InChI is InChI=1S/C36H54O6S/c1-22-9-8-16-32(2,3)24(22)12-17-35(6)28-13-18-34(5)27(33(28,4)20-15-30(35)38)14-19-36(7)29(34)21-23-25(37)10-11-26(31(23)36)42-43(39,40)41/h9-11,24,27-30,37-38H,8,12-21H2,1-7H3,(H,39,40,41)/t24-,27-,28-,29+,30+,33-,34-,35+,36+/m1/s1. The Kier molecular flexibility index (Phi) is 7.28. The lowest BCUT2D eigenvalue weighted by atomic mass is 9.36. The summed E-state index contributed by atoms with van der Waals surface area (Å²) in [5, 5.41) is 22.7. The van der Waals surface area contributed by atoms with E-state index in [1.807, 2.05) is 0 Å². The van der Waals surface area contributed by atoms with Gasteiger partial charge in [-0.2, -0.15) is 8.42 Å². The van der Waals surface area contributed by atoms with E-state index in [-0.39, 0.29) is 50.6 Å². The lowest BCUT2D eigenvalue weighted by molar-refractivity contribution is -0.208. The molecule has 43 heavy (non-hydrogen) atoms. The van der Waals surface area contributed by atoms with Crippen LogP contribution in [0.15, 0.2) is 23.8 Å². The van der Waals surface area contributed by atoms with Crippen molar-refractivity contribution in [2.24, 2.45) is 45.3 Å². The maximum absolute atomic E-state index is 11.8. The van der Waals surface area contributed by atoms with Crippen molar-refractivity contribution in [3.63, 3.8) is 0 Å². The van der Waals surface area contributed by atoms with Gasteiger partial charge in [-0.05, 0) is 135 Å². The molecule has 0 heterocycles. The number of phenols is 1. The van der Waals surface area contributed by atoms with Crippen LogP contribution in [0, 0.1) is 45.3 Å². The highest BCUT2D eigenvalue weighted by atomic mass is 32.3. The molecule has 0 amide bonds. The first kappa shape index (κ1) is 31.4. The van der Waals surface area contributed by atoms with Gasteiger partial charge >= 0.3 is 10.4 Å². The molecule has 6 nitrogen and oxygen atoms in total. The maximum atomic E-state index is 11.8. The molecule has 5 aliphatic carbocycles. The molecule has 3 N–H and O–H groups in total. The van der Waals surface area contributed by atoms with Gasteiger partial charge in [0.05, 0.1) is 6.10 Å². The fraction of sp³-hybridized carbons (Fsp3) is 0.778. The van der Waals surface area contributed by atoms with Crippen LogP contribution in [0.1, 0.15) is 124 Å². The Hall–Kier alpha value is -1.57. The number of aliphatic hydroxyl groups excluding tert-OH is 1. The molecule has 3 saturated carbocycles. The summed E-state index contributed by atoms with van der Waals surface area (Å²) in [5.41, 5.74) is 2.93. The Morgan fingerprint density at radius 1 is 0.907 bits per heavy atom. The zero-order chi connectivity index (χ0) is 31.4. The minimum absolute atomic E-state index is 0.00699. The summed E-state index contributed by atoms with van der Waals surface area (Å²) >= 11 is 0. The molecule has 0 unspecified atom stereocenters. The van der Waals surface area contributed by atoms with E-state index in [9.17, 15) is 23.2 Å². The van der Waals surface area contributed by atoms with Crippen LogP contribution >= 0.6 is 0 Å². The Morgan fingerprint density at radius 3 is 2.23 bits per heavy atom. The van der Waals surface area contributed by atoms with E-state index >= 15 is 0 Å². The largest absolute Gasteiger partial charge is 0.508 e. The number of aliphatic hydroxyl groups is 1. The van der Waals surface area contributed by atoms with Gasteiger partial charge in [0.2, 0.25) is 0 Å².